The van der Waals surface area contributed by atoms with E-state index in [4.69, 9.17) is 5.73 Å². The number of aromatic nitrogens is 3. The Bertz CT molecular complexity index is 1190. The summed E-state index contributed by atoms with van der Waals surface area (Å²) in [5.41, 5.74) is 5.30. The van der Waals surface area contributed by atoms with Crippen LogP contribution in [-0.4, -0.2) is 20.4 Å². The first-order chi connectivity index (χ1) is 11.2. The SMILES string of the molecule is Cc1c2n(c(=O)c3[nH]c4cc(N)ncc4c(=O)c13)C(C)(C)NC2=O. The normalized spacial score (nSPS) is 15.7. The van der Waals surface area contributed by atoms with Gasteiger partial charge in [0, 0.05) is 12.3 Å². The average molecular weight is 325 g/mol. The van der Waals surface area contributed by atoms with Gasteiger partial charge in [-0.15, -0.1) is 0 Å². The number of carbonyl (C=O) groups excluding carboxylic acids is 1. The molecule has 0 spiro atoms. The molecule has 8 heteroatoms. The van der Waals surface area contributed by atoms with Gasteiger partial charge >= 0.3 is 0 Å². The molecule has 4 heterocycles. The second-order valence-corrected chi connectivity index (χ2v) is 6.49. The zero-order chi connectivity index (χ0) is 17.4. The van der Waals surface area contributed by atoms with Crippen LogP contribution >= 0.6 is 0 Å². The number of nitrogen functional groups attached to an aromatic ring is 1. The molecule has 8 nitrogen and oxygen atoms in total. The van der Waals surface area contributed by atoms with Crippen LogP contribution in [0.15, 0.2) is 21.9 Å². The minimum Gasteiger partial charge on any atom is -0.384 e. The van der Waals surface area contributed by atoms with Crippen LogP contribution in [0.25, 0.3) is 21.8 Å². The molecular weight excluding hydrogens is 310 g/mol. The van der Waals surface area contributed by atoms with Crippen molar-refractivity contribution >= 4 is 33.5 Å². The molecule has 4 N–H and O–H groups in total. The summed E-state index contributed by atoms with van der Waals surface area (Å²) in [4.78, 5) is 45.1. The molecule has 0 aromatic carbocycles. The molecule has 0 saturated carbocycles. The summed E-state index contributed by atoms with van der Waals surface area (Å²) < 4.78 is 1.39. The van der Waals surface area contributed by atoms with Crippen molar-refractivity contribution < 1.29 is 4.79 Å². The highest BCUT2D eigenvalue weighted by Crippen LogP contribution is 2.26. The van der Waals surface area contributed by atoms with Crippen molar-refractivity contribution in [3.8, 4) is 0 Å². The first kappa shape index (κ1) is 14.4. The van der Waals surface area contributed by atoms with Gasteiger partial charge < -0.3 is 16.0 Å². The van der Waals surface area contributed by atoms with E-state index >= 15 is 0 Å². The fourth-order valence-electron chi connectivity index (χ4n) is 3.42. The van der Waals surface area contributed by atoms with E-state index in [0.717, 1.165) is 0 Å². The van der Waals surface area contributed by atoms with Crippen LogP contribution in [0.5, 0.6) is 0 Å². The van der Waals surface area contributed by atoms with Crippen LogP contribution in [0.2, 0.25) is 0 Å². The molecule has 1 aliphatic rings. The molecule has 24 heavy (non-hydrogen) atoms. The lowest BCUT2D eigenvalue weighted by Gasteiger charge is -2.22. The minimum atomic E-state index is -0.869. The van der Waals surface area contributed by atoms with Gasteiger partial charge in [0.1, 0.15) is 22.7 Å². The third kappa shape index (κ3) is 1.62. The fraction of sp³-hybridized carbons (Fsp3) is 0.250. The number of H-pyrrole nitrogens is 1. The van der Waals surface area contributed by atoms with Crippen molar-refractivity contribution in [3.63, 3.8) is 0 Å². The van der Waals surface area contributed by atoms with Gasteiger partial charge in [0.15, 0.2) is 5.43 Å². The second-order valence-electron chi connectivity index (χ2n) is 6.49. The molecule has 122 valence electrons. The summed E-state index contributed by atoms with van der Waals surface area (Å²) in [7, 11) is 0. The van der Waals surface area contributed by atoms with E-state index in [0.29, 0.717) is 16.5 Å². The quantitative estimate of drug-likeness (QED) is 0.521. The summed E-state index contributed by atoms with van der Waals surface area (Å²) in [5.74, 6) is -0.126. The van der Waals surface area contributed by atoms with Crippen LogP contribution in [0.1, 0.15) is 29.9 Å². The van der Waals surface area contributed by atoms with Crippen molar-refractivity contribution in [1.82, 2.24) is 19.9 Å². The van der Waals surface area contributed by atoms with Crippen molar-refractivity contribution in [2.45, 2.75) is 26.4 Å². The van der Waals surface area contributed by atoms with E-state index in [1.165, 1.54) is 16.8 Å². The molecule has 0 aliphatic carbocycles. The minimum absolute atomic E-state index is 0.156. The monoisotopic (exact) mass is 325 g/mol. The topological polar surface area (TPSA) is 123 Å². The molecule has 0 unspecified atom stereocenters. The number of fused-ring (bicyclic) bond motifs is 3. The number of aromatic amines is 1. The number of nitrogens with one attached hydrogen (secondary N) is 2. The number of nitrogens with two attached hydrogens (primary N) is 1. The number of pyridine rings is 3. The van der Waals surface area contributed by atoms with Gasteiger partial charge in [-0.25, -0.2) is 4.98 Å². The molecule has 0 radical (unpaired) electrons. The van der Waals surface area contributed by atoms with Gasteiger partial charge in [-0.3, -0.25) is 19.0 Å². The molecule has 1 amide bonds. The van der Waals surface area contributed by atoms with Crippen LogP contribution in [0.4, 0.5) is 5.82 Å². The largest absolute Gasteiger partial charge is 0.384 e. The molecule has 3 aromatic rings. The molecule has 0 bridgehead atoms. The summed E-state index contributed by atoms with van der Waals surface area (Å²) in [6, 6.07) is 1.51. The van der Waals surface area contributed by atoms with Crippen molar-refractivity contribution in [1.29, 1.82) is 0 Å². The smallest absolute Gasteiger partial charge is 0.277 e. The van der Waals surface area contributed by atoms with Crippen molar-refractivity contribution in [2.24, 2.45) is 0 Å². The Morgan fingerprint density at radius 3 is 2.67 bits per heavy atom. The van der Waals surface area contributed by atoms with Crippen LogP contribution < -0.4 is 22.0 Å². The van der Waals surface area contributed by atoms with Gasteiger partial charge in [0.2, 0.25) is 0 Å². The summed E-state index contributed by atoms with van der Waals surface area (Å²) >= 11 is 0. The van der Waals surface area contributed by atoms with Crippen LogP contribution in [0.3, 0.4) is 0 Å². The number of nitrogens with zero attached hydrogens (tertiary/aromatic N) is 2. The maximum Gasteiger partial charge on any atom is 0.277 e. The number of amides is 1. The standard InChI is InChI=1S/C16H15N5O3/c1-6-10-11(15(24)21-12(6)14(23)20-16(21,2)3)19-8-4-9(17)18-5-7(8)13(10)22/h4-5H,1-3H3,(H2,17,18)(H,19,22)(H,20,23). The number of rotatable bonds is 0. The van der Waals surface area contributed by atoms with Gasteiger partial charge in [-0.05, 0) is 26.3 Å². The Hall–Kier alpha value is -3.16. The number of hydrogen-bond donors (Lipinski definition) is 3. The van der Waals surface area contributed by atoms with E-state index in [9.17, 15) is 14.4 Å². The Labute approximate surface area is 135 Å². The van der Waals surface area contributed by atoms with E-state index in [1.807, 2.05) is 0 Å². The van der Waals surface area contributed by atoms with Gasteiger partial charge in [0.25, 0.3) is 11.5 Å². The Morgan fingerprint density at radius 1 is 1.25 bits per heavy atom. The van der Waals surface area contributed by atoms with E-state index in [1.54, 1.807) is 20.8 Å². The van der Waals surface area contributed by atoms with E-state index < -0.39 is 11.2 Å². The highest BCUT2D eigenvalue weighted by Gasteiger charge is 2.38. The first-order valence-electron chi connectivity index (χ1n) is 7.42. The third-order valence-corrected chi connectivity index (χ3v) is 4.47. The zero-order valence-electron chi connectivity index (χ0n) is 13.4. The maximum absolute atomic E-state index is 13.0. The average Bonchev–Trinajstić information content (AvgIpc) is 2.73. The first-order valence-corrected chi connectivity index (χ1v) is 7.42. The maximum atomic E-state index is 13.0. The van der Waals surface area contributed by atoms with Crippen molar-refractivity contribution in [2.75, 3.05) is 5.73 Å². The van der Waals surface area contributed by atoms with Crippen LogP contribution in [0, 0.1) is 6.92 Å². The fourth-order valence-corrected chi connectivity index (χ4v) is 3.42. The number of hydrogen-bond acceptors (Lipinski definition) is 5. The molecule has 1 aliphatic heterocycles. The second kappa shape index (κ2) is 4.22. The molecule has 0 fully saturated rings. The lowest BCUT2D eigenvalue weighted by molar-refractivity contribution is 0.0934. The Kier molecular flexibility index (Phi) is 2.54. The predicted molar refractivity (Wildman–Crippen MR) is 90.1 cm³/mol. The van der Waals surface area contributed by atoms with Gasteiger partial charge in [-0.1, -0.05) is 0 Å². The van der Waals surface area contributed by atoms with Crippen LogP contribution in [-0.2, 0) is 5.66 Å². The van der Waals surface area contributed by atoms with Gasteiger partial charge in [-0.2, -0.15) is 0 Å². The molecule has 3 aromatic heterocycles. The summed E-state index contributed by atoms with van der Waals surface area (Å²) in [6.07, 6.45) is 1.37. The Balaban J connectivity index is 2.33. The summed E-state index contributed by atoms with van der Waals surface area (Å²) in [6.45, 7) is 5.13. The van der Waals surface area contributed by atoms with Gasteiger partial charge in [0.05, 0.1) is 16.3 Å². The molecule has 0 atom stereocenters. The van der Waals surface area contributed by atoms with E-state index in [-0.39, 0.29) is 33.8 Å². The number of anilines is 1. The third-order valence-electron chi connectivity index (χ3n) is 4.47. The molecular formula is C16H15N5O3. The molecule has 0 saturated heterocycles. The summed E-state index contributed by atoms with van der Waals surface area (Å²) in [5, 5.41) is 3.29. The predicted octanol–water partition coefficient (Wildman–Crippen LogP) is 0.565. The number of carbonyl (C=O) groups is 1. The lowest BCUT2D eigenvalue weighted by atomic mass is 10.1. The number of aryl methyl sites for hydroxylation is 1. The lowest BCUT2D eigenvalue weighted by Crippen LogP contribution is -2.42. The zero-order valence-corrected chi connectivity index (χ0v) is 13.4. The van der Waals surface area contributed by atoms with E-state index in [2.05, 4.69) is 15.3 Å². The highest BCUT2D eigenvalue weighted by atomic mass is 16.2. The van der Waals surface area contributed by atoms with Crippen molar-refractivity contribution in [3.05, 3.63) is 44.1 Å². The molecule has 4 rings (SSSR count). The highest BCUT2D eigenvalue weighted by molar-refractivity contribution is 6.03. The Morgan fingerprint density at radius 2 is 1.96 bits per heavy atom.